The maximum Gasteiger partial charge on any atom is 0.223 e. The van der Waals surface area contributed by atoms with Crippen molar-refractivity contribution in [1.29, 1.82) is 0 Å². The first-order valence-electron chi connectivity index (χ1n) is 11.2. The zero-order valence-corrected chi connectivity index (χ0v) is 19.9. The molecule has 4 nitrogen and oxygen atoms in total. The van der Waals surface area contributed by atoms with E-state index in [4.69, 9.17) is 4.98 Å². The highest BCUT2D eigenvalue weighted by Crippen LogP contribution is 2.50. The van der Waals surface area contributed by atoms with E-state index in [1.165, 1.54) is 11.1 Å². The predicted molar refractivity (Wildman–Crippen MR) is 127 cm³/mol. The summed E-state index contributed by atoms with van der Waals surface area (Å²) in [5.74, 6) is 1.25. The standard InChI is InChI=1S/C26H28BrN3O/c1-17-8-9-18(2)29(17)24(31)14-15-26(20-10-12-21(27)13-11-20)23-7-5-4-6-22(23)25-28-16-19(3)30(25)26/h4-7,10-13,16-18H,8-9,14-15H2,1-3H3. The zero-order chi connectivity index (χ0) is 21.8. The molecule has 2 aliphatic heterocycles. The second-order valence-corrected chi connectivity index (χ2v) is 9.96. The fourth-order valence-corrected chi connectivity index (χ4v) is 6.04. The Hall–Kier alpha value is -2.40. The van der Waals surface area contributed by atoms with Crippen LogP contribution in [0.3, 0.4) is 0 Å². The van der Waals surface area contributed by atoms with Crippen LogP contribution in [-0.4, -0.2) is 32.4 Å². The van der Waals surface area contributed by atoms with E-state index in [0.717, 1.165) is 34.4 Å². The van der Waals surface area contributed by atoms with Crippen LogP contribution in [0.15, 0.2) is 59.2 Å². The number of carbonyl (C=O) groups excluding carboxylic acids is 1. The monoisotopic (exact) mass is 477 g/mol. The highest BCUT2D eigenvalue weighted by molar-refractivity contribution is 9.10. The molecule has 3 atom stereocenters. The number of fused-ring (bicyclic) bond motifs is 3. The van der Waals surface area contributed by atoms with E-state index in [-0.39, 0.29) is 5.91 Å². The number of imidazole rings is 1. The van der Waals surface area contributed by atoms with Gasteiger partial charge in [0.25, 0.3) is 0 Å². The van der Waals surface area contributed by atoms with Crippen molar-refractivity contribution in [2.24, 2.45) is 0 Å². The molecule has 0 spiro atoms. The van der Waals surface area contributed by atoms with Gasteiger partial charge in [0, 0.05) is 40.4 Å². The molecule has 0 saturated carbocycles. The third kappa shape index (κ3) is 3.08. The molecule has 5 rings (SSSR count). The van der Waals surface area contributed by atoms with Gasteiger partial charge in [0.05, 0.1) is 5.54 Å². The van der Waals surface area contributed by atoms with E-state index in [9.17, 15) is 4.79 Å². The van der Waals surface area contributed by atoms with Crippen LogP contribution in [0.2, 0.25) is 0 Å². The predicted octanol–water partition coefficient (Wildman–Crippen LogP) is 5.91. The molecular weight excluding hydrogens is 450 g/mol. The van der Waals surface area contributed by atoms with Crippen molar-refractivity contribution in [3.63, 3.8) is 0 Å². The summed E-state index contributed by atoms with van der Waals surface area (Å²) in [6.45, 7) is 6.46. The lowest BCUT2D eigenvalue weighted by molar-refractivity contribution is -0.133. The summed E-state index contributed by atoms with van der Waals surface area (Å²) >= 11 is 3.58. The number of rotatable bonds is 4. The number of hydrogen-bond acceptors (Lipinski definition) is 2. The molecule has 1 saturated heterocycles. The van der Waals surface area contributed by atoms with Crippen molar-refractivity contribution in [1.82, 2.24) is 14.5 Å². The highest BCUT2D eigenvalue weighted by Gasteiger charge is 2.46. The van der Waals surface area contributed by atoms with Crippen LogP contribution in [0.1, 0.15) is 56.4 Å². The molecule has 1 fully saturated rings. The fourth-order valence-electron chi connectivity index (χ4n) is 5.77. The second kappa shape index (κ2) is 7.63. The summed E-state index contributed by atoms with van der Waals surface area (Å²) in [5.41, 5.74) is 4.27. The van der Waals surface area contributed by atoms with Gasteiger partial charge in [-0.05, 0) is 63.3 Å². The number of nitrogens with zero attached hydrogens (tertiary/aromatic N) is 3. The van der Waals surface area contributed by atoms with Gasteiger partial charge in [0.1, 0.15) is 5.82 Å². The third-order valence-electron chi connectivity index (χ3n) is 7.20. The Kier molecular flexibility index (Phi) is 5.04. The zero-order valence-electron chi connectivity index (χ0n) is 18.3. The molecule has 31 heavy (non-hydrogen) atoms. The Morgan fingerprint density at radius 3 is 2.48 bits per heavy atom. The number of halogens is 1. The molecule has 3 heterocycles. The molecular formula is C26H28BrN3O. The maximum absolute atomic E-state index is 13.4. The van der Waals surface area contributed by atoms with E-state index in [2.05, 4.69) is 94.7 Å². The first-order chi connectivity index (χ1) is 14.9. The lowest BCUT2D eigenvalue weighted by Crippen LogP contribution is -2.41. The van der Waals surface area contributed by atoms with Crippen molar-refractivity contribution in [3.05, 3.63) is 76.0 Å². The van der Waals surface area contributed by atoms with Gasteiger partial charge in [0.2, 0.25) is 5.91 Å². The van der Waals surface area contributed by atoms with Gasteiger partial charge in [0.15, 0.2) is 0 Å². The Labute approximate surface area is 192 Å². The number of hydrogen-bond donors (Lipinski definition) is 0. The van der Waals surface area contributed by atoms with Crippen molar-refractivity contribution < 1.29 is 4.79 Å². The number of likely N-dealkylation sites (tertiary alicyclic amines) is 1. The number of amides is 1. The molecule has 3 aromatic rings. The minimum atomic E-state index is -0.435. The normalized spacial score (nSPS) is 24.3. The van der Waals surface area contributed by atoms with Crippen molar-refractivity contribution in [2.45, 2.75) is 64.1 Å². The molecule has 0 bridgehead atoms. The van der Waals surface area contributed by atoms with E-state index in [0.29, 0.717) is 24.9 Å². The van der Waals surface area contributed by atoms with Crippen molar-refractivity contribution >= 4 is 21.8 Å². The van der Waals surface area contributed by atoms with Crippen LogP contribution in [0.25, 0.3) is 11.4 Å². The molecule has 1 amide bonds. The van der Waals surface area contributed by atoms with Gasteiger partial charge in [-0.3, -0.25) is 4.79 Å². The molecule has 0 aliphatic carbocycles. The molecule has 1 aromatic heterocycles. The SMILES string of the molecule is Cc1cnc2n1C(CCC(=O)N1C(C)CCC1C)(c1ccc(Br)cc1)c1ccccc1-2. The molecule has 0 N–H and O–H groups in total. The highest BCUT2D eigenvalue weighted by atomic mass is 79.9. The summed E-state index contributed by atoms with van der Waals surface area (Å²) in [4.78, 5) is 20.3. The summed E-state index contributed by atoms with van der Waals surface area (Å²) in [6.07, 6.45) is 5.36. The van der Waals surface area contributed by atoms with Gasteiger partial charge in [-0.15, -0.1) is 0 Å². The Balaban J connectivity index is 1.63. The lowest BCUT2D eigenvalue weighted by atomic mass is 9.79. The Morgan fingerprint density at radius 1 is 1.10 bits per heavy atom. The van der Waals surface area contributed by atoms with Crippen molar-refractivity contribution in [3.8, 4) is 11.4 Å². The van der Waals surface area contributed by atoms with Crippen LogP contribution in [0.4, 0.5) is 0 Å². The average molecular weight is 478 g/mol. The topological polar surface area (TPSA) is 38.1 Å². The molecule has 5 heteroatoms. The molecule has 3 unspecified atom stereocenters. The Morgan fingerprint density at radius 2 is 1.77 bits per heavy atom. The molecule has 2 aromatic carbocycles. The van der Waals surface area contributed by atoms with Crippen LogP contribution >= 0.6 is 15.9 Å². The van der Waals surface area contributed by atoms with Gasteiger partial charge >= 0.3 is 0 Å². The van der Waals surface area contributed by atoms with E-state index in [1.54, 1.807) is 0 Å². The summed E-state index contributed by atoms with van der Waals surface area (Å²) in [6, 6.07) is 17.7. The third-order valence-corrected chi connectivity index (χ3v) is 7.72. The quantitative estimate of drug-likeness (QED) is 0.468. The van der Waals surface area contributed by atoms with Crippen LogP contribution < -0.4 is 0 Å². The first-order valence-corrected chi connectivity index (χ1v) is 11.9. The molecule has 160 valence electrons. The van der Waals surface area contributed by atoms with Gasteiger partial charge in [-0.2, -0.15) is 0 Å². The second-order valence-electron chi connectivity index (χ2n) is 9.05. The van der Waals surface area contributed by atoms with Crippen molar-refractivity contribution in [2.75, 3.05) is 0 Å². The molecule has 0 radical (unpaired) electrons. The largest absolute Gasteiger partial charge is 0.337 e. The number of benzene rings is 2. The summed E-state index contributed by atoms with van der Waals surface area (Å²) in [5, 5.41) is 0. The Bertz CT molecular complexity index is 1130. The van der Waals surface area contributed by atoms with Gasteiger partial charge < -0.3 is 9.47 Å². The average Bonchev–Trinajstić information content (AvgIpc) is 3.40. The van der Waals surface area contributed by atoms with E-state index >= 15 is 0 Å². The lowest BCUT2D eigenvalue weighted by Gasteiger charge is -2.36. The van der Waals surface area contributed by atoms with Crippen LogP contribution in [-0.2, 0) is 10.3 Å². The summed E-state index contributed by atoms with van der Waals surface area (Å²) < 4.78 is 3.40. The minimum absolute atomic E-state index is 0.262. The van der Waals surface area contributed by atoms with E-state index < -0.39 is 5.54 Å². The molecule has 2 aliphatic rings. The number of carbonyl (C=O) groups is 1. The number of aryl methyl sites for hydroxylation is 1. The van der Waals surface area contributed by atoms with Gasteiger partial charge in [-0.25, -0.2) is 4.98 Å². The smallest absolute Gasteiger partial charge is 0.223 e. The minimum Gasteiger partial charge on any atom is -0.337 e. The summed E-state index contributed by atoms with van der Waals surface area (Å²) in [7, 11) is 0. The van der Waals surface area contributed by atoms with Gasteiger partial charge in [-0.1, -0.05) is 52.3 Å². The first kappa shape index (κ1) is 20.5. The van der Waals surface area contributed by atoms with E-state index in [1.807, 2.05) is 6.20 Å². The fraction of sp³-hybridized carbons (Fsp3) is 0.385. The number of aromatic nitrogens is 2. The van der Waals surface area contributed by atoms with Crippen LogP contribution in [0.5, 0.6) is 0 Å². The maximum atomic E-state index is 13.4. The van der Waals surface area contributed by atoms with Crippen LogP contribution in [0, 0.1) is 6.92 Å².